The number of fused-ring (bicyclic) bond motifs is 2. The molecular formula is C18H20OS2. The zero-order chi connectivity index (χ0) is 15.2. The molecule has 0 saturated carbocycles. The van der Waals surface area contributed by atoms with Crippen molar-refractivity contribution in [3.8, 4) is 11.5 Å². The van der Waals surface area contributed by atoms with Crippen molar-refractivity contribution >= 4 is 25.3 Å². The van der Waals surface area contributed by atoms with Crippen molar-refractivity contribution in [1.82, 2.24) is 0 Å². The van der Waals surface area contributed by atoms with Crippen LogP contribution < -0.4 is 4.74 Å². The van der Waals surface area contributed by atoms with E-state index in [4.69, 9.17) is 4.74 Å². The van der Waals surface area contributed by atoms with Crippen LogP contribution in [0.3, 0.4) is 0 Å². The summed E-state index contributed by atoms with van der Waals surface area (Å²) in [6, 6.07) is 12.4. The van der Waals surface area contributed by atoms with E-state index in [2.05, 4.69) is 58.2 Å². The minimum Gasteiger partial charge on any atom is -0.457 e. The molecule has 0 bridgehead atoms. The zero-order valence-corrected chi connectivity index (χ0v) is 14.3. The van der Waals surface area contributed by atoms with Crippen LogP contribution in [0.5, 0.6) is 11.5 Å². The Morgan fingerprint density at radius 1 is 0.952 bits per heavy atom. The Bertz CT molecular complexity index is 640. The maximum Gasteiger partial charge on any atom is 0.132 e. The first kappa shape index (κ1) is 14.9. The van der Waals surface area contributed by atoms with Crippen LogP contribution in [0.25, 0.3) is 0 Å². The molecule has 0 aromatic heterocycles. The van der Waals surface area contributed by atoms with E-state index in [9.17, 15) is 0 Å². The molecule has 0 saturated heterocycles. The molecule has 3 heteroatoms. The lowest BCUT2D eigenvalue weighted by Crippen LogP contribution is -2.29. The first-order valence-electron chi connectivity index (χ1n) is 7.25. The van der Waals surface area contributed by atoms with Gasteiger partial charge in [-0.1, -0.05) is 32.9 Å². The summed E-state index contributed by atoms with van der Waals surface area (Å²) in [7, 11) is 0. The Morgan fingerprint density at radius 2 is 1.43 bits per heavy atom. The van der Waals surface area contributed by atoms with E-state index in [1.807, 2.05) is 24.3 Å². The van der Waals surface area contributed by atoms with E-state index in [1.165, 1.54) is 11.1 Å². The van der Waals surface area contributed by atoms with Gasteiger partial charge in [-0.2, -0.15) is 0 Å². The van der Waals surface area contributed by atoms with Crippen molar-refractivity contribution < 1.29 is 4.74 Å². The maximum absolute atomic E-state index is 6.12. The number of ether oxygens (including phenoxy) is 1. The summed E-state index contributed by atoms with van der Waals surface area (Å²) in [4.78, 5) is 1.84. The Labute approximate surface area is 137 Å². The Morgan fingerprint density at radius 3 is 1.86 bits per heavy atom. The van der Waals surface area contributed by atoms with Gasteiger partial charge in [0, 0.05) is 26.3 Å². The molecule has 1 aliphatic rings. The predicted molar refractivity (Wildman–Crippen MR) is 93.4 cm³/mol. The standard InChI is InChI=1S/C18H20OS2/c1-11(2)10-18(3)14-6-4-12(20)8-16(14)19-17-9-13(21)5-7-15(17)18/h4-9,11,20-21H,10H2,1-3H3. The smallest absolute Gasteiger partial charge is 0.132 e. The third-order valence-electron chi connectivity index (χ3n) is 4.16. The lowest BCUT2D eigenvalue weighted by Gasteiger charge is -2.39. The number of rotatable bonds is 2. The Balaban J connectivity index is 2.23. The number of benzene rings is 2. The lowest BCUT2D eigenvalue weighted by atomic mass is 9.69. The highest BCUT2D eigenvalue weighted by atomic mass is 32.1. The van der Waals surface area contributed by atoms with E-state index in [1.54, 1.807) is 0 Å². The molecule has 0 aliphatic carbocycles. The van der Waals surface area contributed by atoms with Gasteiger partial charge in [0.1, 0.15) is 11.5 Å². The van der Waals surface area contributed by atoms with Gasteiger partial charge in [0.15, 0.2) is 0 Å². The fourth-order valence-electron chi connectivity index (χ4n) is 3.40. The van der Waals surface area contributed by atoms with E-state index in [0.29, 0.717) is 5.92 Å². The van der Waals surface area contributed by atoms with Crippen molar-refractivity contribution in [3.63, 3.8) is 0 Å². The summed E-state index contributed by atoms with van der Waals surface area (Å²) < 4.78 is 6.12. The second-order valence-electron chi connectivity index (χ2n) is 6.39. The molecule has 2 aromatic rings. The molecule has 2 aromatic carbocycles. The molecule has 0 radical (unpaired) electrons. The molecule has 1 nitrogen and oxygen atoms in total. The first-order valence-corrected chi connectivity index (χ1v) is 8.14. The summed E-state index contributed by atoms with van der Waals surface area (Å²) in [5.74, 6) is 2.43. The van der Waals surface area contributed by atoms with Crippen LogP contribution in [-0.2, 0) is 5.41 Å². The fourth-order valence-corrected chi connectivity index (χ4v) is 3.79. The second kappa shape index (κ2) is 5.29. The highest BCUT2D eigenvalue weighted by molar-refractivity contribution is 7.80. The Kier molecular flexibility index (Phi) is 3.74. The molecule has 0 amide bonds. The fraction of sp³-hybridized carbons (Fsp3) is 0.333. The molecule has 0 N–H and O–H groups in total. The third kappa shape index (κ3) is 2.58. The van der Waals surface area contributed by atoms with Gasteiger partial charge in [0.2, 0.25) is 0 Å². The van der Waals surface area contributed by atoms with Gasteiger partial charge < -0.3 is 4.74 Å². The zero-order valence-electron chi connectivity index (χ0n) is 12.6. The highest BCUT2D eigenvalue weighted by Gasteiger charge is 2.38. The quantitative estimate of drug-likeness (QED) is 0.674. The van der Waals surface area contributed by atoms with Crippen LogP contribution >= 0.6 is 25.3 Å². The van der Waals surface area contributed by atoms with Crippen molar-refractivity contribution in [3.05, 3.63) is 47.5 Å². The van der Waals surface area contributed by atoms with Crippen LogP contribution in [0.1, 0.15) is 38.3 Å². The van der Waals surface area contributed by atoms with Gasteiger partial charge in [-0.25, -0.2) is 0 Å². The third-order valence-corrected chi connectivity index (χ3v) is 4.71. The summed E-state index contributed by atoms with van der Waals surface area (Å²) in [5.41, 5.74) is 2.45. The second-order valence-corrected chi connectivity index (χ2v) is 7.43. The molecule has 0 fully saturated rings. The van der Waals surface area contributed by atoms with Crippen molar-refractivity contribution in [2.24, 2.45) is 5.92 Å². The van der Waals surface area contributed by atoms with Gasteiger partial charge in [-0.3, -0.25) is 0 Å². The van der Waals surface area contributed by atoms with Crippen LogP contribution in [0.15, 0.2) is 46.2 Å². The van der Waals surface area contributed by atoms with E-state index in [0.717, 1.165) is 27.7 Å². The average molecular weight is 316 g/mol. The molecule has 110 valence electrons. The minimum absolute atomic E-state index is 0.0416. The topological polar surface area (TPSA) is 9.23 Å². The van der Waals surface area contributed by atoms with Gasteiger partial charge in [0.05, 0.1) is 0 Å². The van der Waals surface area contributed by atoms with Crippen LogP contribution in [0.4, 0.5) is 0 Å². The lowest BCUT2D eigenvalue weighted by molar-refractivity contribution is 0.359. The molecule has 0 unspecified atom stereocenters. The largest absolute Gasteiger partial charge is 0.457 e. The Hall–Kier alpha value is -1.06. The van der Waals surface area contributed by atoms with Crippen LogP contribution in [0, 0.1) is 5.92 Å². The van der Waals surface area contributed by atoms with Gasteiger partial charge in [-0.15, -0.1) is 25.3 Å². The number of hydrogen-bond donors (Lipinski definition) is 2. The summed E-state index contributed by atoms with van der Waals surface area (Å²) >= 11 is 8.88. The van der Waals surface area contributed by atoms with Crippen molar-refractivity contribution in [2.45, 2.75) is 42.4 Å². The predicted octanol–water partition coefficient (Wildman–Crippen LogP) is 5.72. The summed E-state index contributed by atoms with van der Waals surface area (Å²) in [6.45, 7) is 6.84. The first-order chi connectivity index (χ1) is 9.90. The van der Waals surface area contributed by atoms with E-state index in [-0.39, 0.29) is 5.41 Å². The normalized spacial score (nSPS) is 15.3. The number of thiol groups is 2. The summed E-state index contributed by atoms with van der Waals surface area (Å²) in [5, 5.41) is 0. The van der Waals surface area contributed by atoms with Gasteiger partial charge in [-0.05, 0) is 36.6 Å². The maximum atomic E-state index is 6.12. The monoisotopic (exact) mass is 316 g/mol. The molecule has 0 atom stereocenters. The molecule has 1 heterocycles. The molecule has 0 spiro atoms. The molecule has 3 rings (SSSR count). The van der Waals surface area contributed by atoms with Gasteiger partial charge in [0.25, 0.3) is 0 Å². The van der Waals surface area contributed by atoms with Crippen LogP contribution in [0.2, 0.25) is 0 Å². The molecular weight excluding hydrogens is 296 g/mol. The highest BCUT2D eigenvalue weighted by Crippen LogP contribution is 2.51. The minimum atomic E-state index is -0.0416. The van der Waals surface area contributed by atoms with E-state index >= 15 is 0 Å². The van der Waals surface area contributed by atoms with Gasteiger partial charge >= 0.3 is 0 Å². The van der Waals surface area contributed by atoms with Crippen molar-refractivity contribution in [2.75, 3.05) is 0 Å². The number of hydrogen-bond acceptors (Lipinski definition) is 3. The van der Waals surface area contributed by atoms with E-state index < -0.39 is 0 Å². The SMILES string of the molecule is CC(C)CC1(C)c2ccc(S)cc2Oc2cc(S)ccc21. The summed E-state index contributed by atoms with van der Waals surface area (Å²) in [6.07, 6.45) is 1.08. The van der Waals surface area contributed by atoms with Crippen molar-refractivity contribution in [1.29, 1.82) is 0 Å². The molecule has 21 heavy (non-hydrogen) atoms. The molecule has 1 aliphatic heterocycles. The van der Waals surface area contributed by atoms with Crippen LogP contribution in [-0.4, -0.2) is 0 Å². The average Bonchev–Trinajstić information content (AvgIpc) is 2.36.